The lowest BCUT2D eigenvalue weighted by molar-refractivity contribution is -0.135. The molecule has 1 N–H and O–H groups in total. The Kier molecular flexibility index (Phi) is 5.46. The number of hydrogen-bond acceptors (Lipinski definition) is 6. The Morgan fingerprint density at radius 3 is 2.86 bits per heavy atom. The number of aryl methyl sites for hydroxylation is 1. The highest BCUT2D eigenvalue weighted by molar-refractivity contribution is 5.76. The molecule has 2 aliphatic heterocycles. The molecule has 4 rings (SSSR count). The van der Waals surface area contributed by atoms with E-state index in [4.69, 9.17) is 9.63 Å². The van der Waals surface area contributed by atoms with Crippen molar-refractivity contribution in [2.75, 3.05) is 39.3 Å². The molecule has 28 heavy (non-hydrogen) atoms. The largest absolute Gasteiger partial charge is 0.396 e. The molecule has 2 aromatic rings. The summed E-state index contributed by atoms with van der Waals surface area (Å²) in [6.07, 6.45) is 2.08. The number of carbonyl (C=O) groups is 1. The van der Waals surface area contributed by atoms with Gasteiger partial charge in [-0.25, -0.2) is 0 Å². The lowest BCUT2D eigenvalue weighted by Crippen LogP contribution is -2.53. The summed E-state index contributed by atoms with van der Waals surface area (Å²) in [5.41, 5.74) is 1.02. The third-order valence-electron chi connectivity index (χ3n) is 6.18. The summed E-state index contributed by atoms with van der Waals surface area (Å²) in [7, 11) is 0. The minimum Gasteiger partial charge on any atom is -0.396 e. The first-order valence-corrected chi connectivity index (χ1v) is 10.1. The van der Waals surface area contributed by atoms with Gasteiger partial charge in [-0.3, -0.25) is 4.79 Å². The molecule has 0 aliphatic carbocycles. The molecule has 1 aromatic carbocycles. The van der Waals surface area contributed by atoms with Gasteiger partial charge < -0.3 is 19.4 Å². The Hall–Kier alpha value is -2.25. The third kappa shape index (κ3) is 3.69. The Labute approximate surface area is 165 Å². The van der Waals surface area contributed by atoms with Crippen molar-refractivity contribution >= 4 is 5.91 Å². The van der Waals surface area contributed by atoms with Gasteiger partial charge >= 0.3 is 0 Å². The van der Waals surface area contributed by atoms with E-state index in [0.29, 0.717) is 24.2 Å². The van der Waals surface area contributed by atoms with E-state index in [1.54, 1.807) is 0 Å². The molecule has 0 radical (unpaired) electrons. The van der Waals surface area contributed by atoms with Crippen LogP contribution in [0.25, 0.3) is 0 Å². The zero-order valence-electron chi connectivity index (χ0n) is 16.4. The van der Waals surface area contributed by atoms with Crippen molar-refractivity contribution in [3.05, 3.63) is 47.6 Å². The maximum atomic E-state index is 12.4. The van der Waals surface area contributed by atoms with E-state index in [0.717, 1.165) is 39.0 Å². The van der Waals surface area contributed by atoms with E-state index >= 15 is 0 Å². The molecule has 0 unspecified atom stereocenters. The summed E-state index contributed by atoms with van der Waals surface area (Å²) < 4.78 is 5.63. The van der Waals surface area contributed by atoms with Crippen LogP contribution in [0.1, 0.15) is 30.1 Å². The Morgan fingerprint density at radius 2 is 2.14 bits per heavy atom. The smallest absolute Gasteiger partial charge is 0.236 e. The quantitative estimate of drug-likeness (QED) is 0.811. The van der Waals surface area contributed by atoms with Gasteiger partial charge in [0.05, 0.1) is 12.0 Å². The molecular weight excluding hydrogens is 356 g/mol. The summed E-state index contributed by atoms with van der Waals surface area (Å²) in [6.45, 7) is 5.79. The van der Waals surface area contributed by atoms with Crippen LogP contribution >= 0.6 is 0 Å². The van der Waals surface area contributed by atoms with Gasteiger partial charge in [-0.05, 0) is 31.2 Å². The van der Waals surface area contributed by atoms with Gasteiger partial charge in [0.1, 0.15) is 0 Å². The highest BCUT2D eigenvalue weighted by Gasteiger charge is 2.54. The minimum absolute atomic E-state index is 0.000650. The molecule has 0 spiro atoms. The van der Waals surface area contributed by atoms with Crippen molar-refractivity contribution in [1.29, 1.82) is 0 Å². The van der Waals surface area contributed by atoms with Gasteiger partial charge in [-0.15, -0.1) is 0 Å². The lowest BCUT2D eigenvalue weighted by atomic mass is 9.73. The molecule has 2 atom stereocenters. The van der Waals surface area contributed by atoms with E-state index in [1.165, 1.54) is 5.56 Å². The number of likely N-dealkylation sites (tertiary alicyclic amines) is 2. The van der Waals surface area contributed by atoms with E-state index in [9.17, 15) is 4.79 Å². The van der Waals surface area contributed by atoms with Crippen molar-refractivity contribution in [3.8, 4) is 0 Å². The average molecular weight is 384 g/mol. The van der Waals surface area contributed by atoms with Gasteiger partial charge in [-0.1, -0.05) is 35.5 Å². The molecule has 0 bridgehead atoms. The molecule has 2 fully saturated rings. The number of aliphatic hydroxyl groups is 1. The van der Waals surface area contributed by atoms with E-state index in [2.05, 4.69) is 39.3 Å². The topological polar surface area (TPSA) is 82.7 Å². The number of nitrogens with zero attached hydrogens (tertiary/aromatic N) is 4. The summed E-state index contributed by atoms with van der Waals surface area (Å²) in [5.74, 6) is 1.67. The SMILES string of the molecule is Cc1noc([C@@]23CN(CCc4ccccc4)C[C@@H]2CCN(C(=O)CCO)C3)n1. The Balaban J connectivity index is 1.53. The van der Waals surface area contributed by atoms with Gasteiger partial charge in [0.15, 0.2) is 5.82 Å². The number of fused-ring (bicyclic) bond motifs is 1. The van der Waals surface area contributed by atoms with Crippen molar-refractivity contribution < 1.29 is 14.4 Å². The molecule has 1 amide bonds. The molecule has 1 aromatic heterocycles. The Bertz CT molecular complexity index is 809. The first-order valence-electron chi connectivity index (χ1n) is 10.1. The van der Waals surface area contributed by atoms with E-state index in [1.807, 2.05) is 17.9 Å². The van der Waals surface area contributed by atoms with Crippen LogP contribution in [0, 0.1) is 12.8 Å². The average Bonchev–Trinajstić information content (AvgIpc) is 3.31. The summed E-state index contributed by atoms with van der Waals surface area (Å²) in [6, 6.07) is 10.5. The van der Waals surface area contributed by atoms with Crippen LogP contribution in [0.15, 0.2) is 34.9 Å². The predicted molar refractivity (Wildman–Crippen MR) is 104 cm³/mol. The number of rotatable bonds is 6. The highest BCUT2D eigenvalue weighted by atomic mass is 16.5. The van der Waals surface area contributed by atoms with Crippen molar-refractivity contribution in [1.82, 2.24) is 19.9 Å². The number of piperidine rings is 1. The maximum absolute atomic E-state index is 12.4. The normalized spacial score (nSPS) is 25.1. The molecule has 7 heteroatoms. The number of carbonyl (C=O) groups excluding carboxylic acids is 1. The predicted octanol–water partition coefficient (Wildman–Crippen LogP) is 1.41. The number of amides is 1. The molecule has 0 saturated carbocycles. The molecule has 2 aliphatic rings. The first-order chi connectivity index (χ1) is 13.6. The number of hydrogen-bond donors (Lipinski definition) is 1. The van der Waals surface area contributed by atoms with Crippen molar-refractivity contribution in [2.45, 2.75) is 31.6 Å². The summed E-state index contributed by atoms with van der Waals surface area (Å²) in [4.78, 5) is 21.3. The molecule has 2 saturated heterocycles. The monoisotopic (exact) mass is 384 g/mol. The second-order valence-electron chi connectivity index (χ2n) is 8.05. The molecule has 3 heterocycles. The van der Waals surface area contributed by atoms with Crippen LogP contribution in [0.5, 0.6) is 0 Å². The van der Waals surface area contributed by atoms with Gasteiger partial charge in [-0.2, -0.15) is 4.98 Å². The van der Waals surface area contributed by atoms with Gasteiger partial charge in [0.25, 0.3) is 0 Å². The van der Waals surface area contributed by atoms with E-state index in [-0.39, 0.29) is 24.3 Å². The van der Waals surface area contributed by atoms with Crippen molar-refractivity contribution in [3.63, 3.8) is 0 Å². The molecule has 7 nitrogen and oxygen atoms in total. The standard InChI is InChI=1S/C21H28N4O3/c1-16-22-20(28-23-16)21-14-24(10-7-17-5-3-2-4-6-17)13-18(21)8-11-25(15-21)19(27)9-12-26/h2-6,18,26H,7-15H2,1H3/t18-,21+/m0/s1. The number of benzene rings is 1. The van der Waals surface area contributed by atoms with Gasteiger partial charge in [0.2, 0.25) is 11.8 Å². The maximum Gasteiger partial charge on any atom is 0.236 e. The molecule has 150 valence electrons. The fraction of sp³-hybridized carbons (Fsp3) is 0.571. The minimum atomic E-state index is -0.318. The fourth-order valence-electron chi connectivity index (χ4n) is 4.74. The fourth-order valence-corrected chi connectivity index (χ4v) is 4.74. The zero-order valence-corrected chi connectivity index (χ0v) is 16.4. The van der Waals surface area contributed by atoms with Crippen LogP contribution in [0.3, 0.4) is 0 Å². The van der Waals surface area contributed by atoms with Crippen LogP contribution in [-0.2, 0) is 16.6 Å². The zero-order chi connectivity index (χ0) is 19.6. The van der Waals surface area contributed by atoms with E-state index < -0.39 is 0 Å². The number of aromatic nitrogens is 2. The third-order valence-corrected chi connectivity index (χ3v) is 6.18. The second kappa shape index (κ2) is 8.01. The first kappa shape index (κ1) is 19.1. The summed E-state index contributed by atoms with van der Waals surface area (Å²) >= 11 is 0. The number of aliphatic hydroxyl groups excluding tert-OH is 1. The lowest BCUT2D eigenvalue weighted by Gasteiger charge is -2.41. The highest BCUT2D eigenvalue weighted by Crippen LogP contribution is 2.44. The Morgan fingerprint density at radius 1 is 1.32 bits per heavy atom. The van der Waals surface area contributed by atoms with Crippen LogP contribution in [-0.4, -0.2) is 70.3 Å². The second-order valence-corrected chi connectivity index (χ2v) is 8.05. The van der Waals surface area contributed by atoms with Crippen LogP contribution in [0.2, 0.25) is 0 Å². The molecular formula is C21H28N4O3. The van der Waals surface area contributed by atoms with Crippen LogP contribution < -0.4 is 0 Å². The van der Waals surface area contributed by atoms with Crippen LogP contribution in [0.4, 0.5) is 0 Å². The van der Waals surface area contributed by atoms with Gasteiger partial charge in [0, 0.05) is 39.1 Å². The van der Waals surface area contributed by atoms with Crippen molar-refractivity contribution in [2.24, 2.45) is 5.92 Å². The summed E-state index contributed by atoms with van der Waals surface area (Å²) in [5, 5.41) is 13.2.